The third-order valence-corrected chi connectivity index (χ3v) is 3.88. The molecular weight excluding hydrogens is 306 g/mol. The molecule has 1 rings (SSSR count). The molecule has 7 heteroatoms. The zero-order valence-electron chi connectivity index (χ0n) is 14.1. The highest BCUT2D eigenvalue weighted by Gasteiger charge is 2.36. The predicted octanol–water partition coefficient (Wildman–Crippen LogP) is 0.783. The Hall–Kier alpha value is -0.850. The molecule has 0 aliphatic carbocycles. The minimum absolute atomic E-state index is 0. The summed E-state index contributed by atoms with van der Waals surface area (Å²) in [6, 6.07) is 0. The SMILES string of the molecule is COCCN1CC(C(=O)NC(C)(CN)CC(C)C)CC1=O.Cl. The molecule has 2 unspecified atom stereocenters. The van der Waals surface area contributed by atoms with E-state index in [9.17, 15) is 9.59 Å². The van der Waals surface area contributed by atoms with E-state index in [0.29, 0.717) is 32.2 Å². The lowest BCUT2D eigenvalue weighted by atomic mass is 9.90. The second-order valence-electron chi connectivity index (χ2n) is 6.59. The second kappa shape index (κ2) is 9.33. The number of hydrogen-bond donors (Lipinski definition) is 2. The summed E-state index contributed by atoms with van der Waals surface area (Å²) in [5.41, 5.74) is 5.41. The van der Waals surface area contributed by atoms with Crippen molar-refractivity contribution < 1.29 is 14.3 Å². The molecule has 0 spiro atoms. The molecule has 0 radical (unpaired) electrons. The average Bonchev–Trinajstić information content (AvgIpc) is 2.77. The van der Waals surface area contributed by atoms with E-state index in [1.165, 1.54) is 0 Å². The fourth-order valence-electron chi connectivity index (χ4n) is 2.85. The number of rotatable bonds is 8. The molecule has 2 amide bonds. The monoisotopic (exact) mass is 335 g/mol. The summed E-state index contributed by atoms with van der Waals surface area (Å²) in [5.74, 6) is 0.108. The maximum atomic E-state index is 12.4. The van der Waals surface area contributed by atoms with Crippen molar-refractivity contribution in [2.45, 2.75) is 39.2 Å². The van der Waals surface area contributed by atoms with Gasteiger partial charge in [-0.25, -0.2) is 0 Å². The van der Waals surface area contributed by atoms with Crippen LogP contribution in [-0.4, -0.2) is 55.6 Å². The third kappa shape index (κ3) is 6.10. The fraction of sp³-hybridized carbons (Fsp3) is 0.867. The molecule has 1 fully saturated rings. The van der Waals surface area contributed by atoms with Crippen LogP contribution in [0.5, 0.6) is 0 Å². The number of nitrogens with zero attached hydrogens (tertiary/aromatic N) is 1. The van der Waals surface area contributed by atoms with E-state index in [0.717, 1.165) is 6.42 Å². The Balaban J connectivity index is 0.00000441. The summed E-state index contributed by atoms with van der Waals surface area (Å²) in [6.45, 7) is 8.07. The van der Waals surface area contributed by atoms with Crippen LogP contribution in [0.15, 0.2) is 0 Å². The molecule has 0 aromatic carbocycles. The Kier molecular flexibility index (Phi) is 8.96. The number of likely N-dealkylation sites (tertiary alicyclic amines) is 1. The number of carbonyl (C=O) groups is 2. The molecule has 0 aromatic rings. The van der Waals surface area contributed by atoms with Gasteiger partial charge in [0.25, 0.3) is 0 Å². The molecule has 0 saturated carbocycles. The largest absolute Gasteiger partial charge is 0.383 e. The topological polar surface area (TPSA) is 84.7 Å². The van der Waals surface area contributed by atoms with Gasteiger partial charge in [-0.1, -0.05) is 13.8 Å². The van der Waals surface area contributed by atoms with Crippen LogP contribution < -0.4 is 11.1 Å². The van der Waals surface area contributed by atoms with Gasteiger partial charge in [0.1, 0.15) is 0 Å². The quantitative estimate of drug-likeness (QED) is 0.686. The van der Waals surface area contributed by atoms with Crippen LogP contribution in [0.2, 0.25) is 0 Å². The first-order chi connectivity index (χ1) is 9.81. The van der Waals surface area contributed by atoms with Gasteiger partial charge in [-0.05, 0) is 19.3 Å². The van der Waals surface area contributed by atoms with Gasteiger partial charge < -0.3 is 20.7 Å². The van der Waals surface area contributed by atoms with E-state index < -0.39 is 5.54 Å². The molecule has 1 aliphatic heterocycles. The van der Waals surface area contributed by atoms with E-state index in [1.807, 2.05) is 6.92 Å². The van der Waals surface area contributed by atoms with Gasteiger partial charge in [0, 0.05) is 38.7 Å². The van der Waals surface area contributed by atoms with Crippen LogP contribution in [0.4, 0.5) is 0 Å². The third-order valence-electron chi connectivity index (χ3n) is 3.88. The smallest absolute Gasteiger partial charge is 0.225 e. The van der Waals surface area contributed by atoms with Gasteiger partial charge in [-0.3, -0.25) is 9.59 Å². The lowest BCUT2D eigenvalue weighted by Crippen LogP contribution is -2.54. The number of carbonyl (C=O) groups excluding carboxylic acids is 2. The summed E-state index contributed by atoms with van der Waals surface area (Å²) < 4.78 is 4.98. The van der Waals surface area contributed by atoms with Crippen LogP contribution in [0.25, 0.3) is 0 Å². The van der Waals surface area contributed by atoms with E-state index in [4.69, 9.17) is 10.5 Å². The van der Waals surface area contributed by atoms with Crippen LogP contribution in [0.3, 0.4) is 0 Å². The first-order valence-electron chi connectivity index (χ1n) is 7.60. The number of nitrogens with two attached hydrogens (primary N) is 1. The molecule has 2 atom stereocenters. The van der Waals surface area contributed by atoms with Crippen LogP contribution >= 0.6 is 12.4 Å². The molecule has 1 aliphatic rings. The molecule has 0 aromatic heterocycles. The lowest BCUT2D eigenvalue weighted by molar-refractivity contribution is -0.129. The minimum Gasteiger partial charge on any atom is -0.383 e. The van der Waals surface area contributed by atoms with Crippen LogP contribution in [0, 0.1) is 11.8 Å². The van der Waals surface area contributed by atoms with Crippen molar-refractivity contribution in [1.82, 2.24) is 10.2 Å². The number of nitrogens with one attached hydrogen (secondary N) is 1. The summed E-state index contributed by atoms with van der Waals surface area (Å²) >= 11 is 0. The van der Waals surface area contributed by atoms with Gasteiger partial charge in [0.2, 0.25) is 11.8 Å². The van der Waals surface area contributed by atoms with Crippen LogP contribution in [-0.2, 0) is 14.3 Å². The van der Waals surface area contributed by atoms with Crippen molar-refractivity contribution in [3.63, 3.8) is 0 Å². The minimum atomic E-state index is -0.408. The number of halogens is 1. The molecule has 22 heavy (non-hydrogen) atoms. The first kappa shape index (κ1) is 21.1. The summed E-state index contributed by atoms with van der Waals surface area (Å²) in [7, 11) is 1.60. The van der Waals surface area contributed by atoms with Gasteiger partial charge in [-0.15, -0.1) is 12.4 Å². The van der Waals surface area contributed by atoms with Crippen molar-refractivity contribution in [3.8, 4) is 0 Å². The summed E-state index contributed by atoms with van der Waals surface area (Å²) in [5, 5.41) is 3.04. The van der Waals surface area contributed by atoms with Gasteiger partial charge in [0.15, 0.2) is 0 Å². The van der Waals surface area contributed by atoms with Crippen LogP contribution in [0.1, 0.15) is 33.6 Å². The van der Waals surface area contributed by atoms with E-state index in [-0.39, 0.29) is 36.6 Å². The van der Waals surface area contributed by atoms with Gasteiger partial charge >= 0.3 is 0 Å². The molecule has 1 saturated heterocycles. The maximum absolute atomic E-state index is 12.4. The summed E-state index contributed by atoms with van der Waals surface area (Å²) in [6.07, 6.45) is 1.10. The lowest BCUT2D eigenvalue weighted by Gasteiger charge is -2.32. The van der Waals surface area contributed by atoms with Crippen molar-refractivity contribution >= 4 is 24.2 Å². The average molecular weight is 336 g/mol. The highest BCUT2D eigenvalue weighted by atomic mass is 35.5. The molecule has 6 nitrogen and oxygen atoms in total. The van der Waals surface area contributed by atoms with E-state index in [1.54, 1.807) is 12.0 Å². The Morgan fingerprint density at radius 1 is 1.55 bits per heavy atom. The standard InChI is InChI=1S/C15H29N3O3.ClH/c1-11(2)8-15(3,10-16)17-14(20)12-7-13(19)18(9-12)5-6-21-4;/h11-12H,5-10,16H2,1-4H3,(H,17,20);1H. The van der Waals surface area contributed by atoms with Crippen molar-refractivity contribution in [2.75, 3.05) is 33.4 Å². The maximum Gasteiger partial charge on any atom is 0.225 e. The number of hydrogen-bond acceptors (Lipinski definition) is 4. The number of amides is 2. The highest BCUT2D eigenvalue weighted by Crippen LogP contribution is 2.21. The molecular formula is C15H30ClN3O3. The van der Waals surface area contributed by atoms with Crippen molar-refractivity contribution in [1.29, 1.82) is 0 Å². The molecule has 3 N–H and O–H groups in total. The van der Waals surface area contributed by atoms with E-state index >= 15 is 0 Å². The second-order valence-corrected chi connectivity index (χ2v) is 6.59. The van der Waals surface area contributed by atoms with Gasteiger partial charge in [-0.2, -0.15) is 0 Å². The van der Waals surface area contributed by atoms with Crippen molar-refractivity contribution in [3.05, 3.63) is 0 Å². The molecule has 130 valence electrons. The molecule has 0 bridgehead atoms. The zero-order chi connectivity index (χ0) is 16.0. The summed E-state index contributed by atoms with van der Waals surface area (Å²) in [4.78, 5) is 26.0. The zero-order valence-corrected chi connectivity index (χ0v) is 14.9. The first-order valence-corrected chi connectivity index (χ1v) is 7.60. The Morgan fingerprint density at radius 2 is 2.18 bits per heavy atom. The van der Waals surface area contributed by atoms with E-state index in [2.05, 4.69) is 19.2 Å². The number of methoxy groups -OCH3 is 1. The fourth-order valence-corrected chi connectivity index (χ4v) is 2.85. The highest BCUT2D eigenvalue weighted by molar-refractivity contribution is 5.89. The number of ether oxygens (including phenoxy) is 1. The normalized spacial score (nSPS) is 20.7. The Morgan fingerprint density at radius 3 is 2.68 bits per heavy atom. The van der Waals surface area contributed by atoms with Gasteiger partial charge in [0.05, 0.1) is 12.5 Å². The Labute approximate surface area is 139 Å². The molecule has 1 heterocycles. The Bertz CT molecular complexity index is 379. The van der Waals surface area contributed by atoms with Crippen molar-refractivity contribution in [2.24, 2.45) is 17.6 Å². The predicted molar refractivity (Wildman–Crippen MR) is 88.9 cm³/mol.